The molecule has 334 valence electrons. The van der Waals surface area contributed by atoms with E-state index in [1.54, 1.807) is 0 Å². The lowest BCUT2D eigenvalue weighted by molar-refractivity contribution is -0.339. The summed E-state index contributed by atoms with van der Waals surface area (Å²) in [7, 11) is -1.97. The van der Waals surface area contributed by atoms with Crippen LogP contribution < -0.4 is 0 Å². The standard InChI is InChI=1S/C46H86O10Si/c1-18-19-33(56-57(16,17)42(5,6)7)23-35-25-37(52-44(10,11)50-35)27-39-29-40(55-46(14,15)54-39)28-38-26-36(51-45(12,13)53-38)24-34-22-32(48-43(8,9)49-34)21-20-31(4)41(47)30(2)3/h18,30-41,47H,1,19-29H2,2-17H3/t31-,32-,33+,34-,35-,36-,37-,38+,39-,40-,41-/m0/s1. The van der Waals surface area contributed by atoms with Gasteiger partial charge in [-0.1, -0.05) is 47.6 Å². The molecule has 4 rings (SSSR count). The number of rotatable bonds is 17. The van der Waals surface area contributed by atoms with Crippen LogP contribution in [-0.2, 0) is 42.3 Å². The van der Waals surface area contributed by atoms with Crippen molar-refractivity contribution >= 4 is 8.32 Å². The summed E-state index contributed by atoms with van der Waals surface area (Å²) in [6, 6.07) is 0. The molecule has 0 aromatic heterocycles. The van der Waals surface area contributed by atoms with Gasteiger partial charge in [0.15, 0.2) is 31.5 Å². The molecule has 0 unspecified atom stereocenters. The lowest BCUT2D eigenvalue weighted by Crippen LogP contribution is -2.52. The van der Waals surface area contributed by atoms with Gasteiger partial charge in [0.1, 0.15) is 0 Å². The van der Waals surface area contributed by atoms with Gasteiger partial charge in [-0.25, -0.2) is 0 Å². The summed E-state index contributed by atoms with van der Waals surface area (Å²) < 4.78 is 59.2. The zero-order valence-electron chi connectivity index (χ0n) is 39.1. The Morgan fingerprint density at radius 2 is 0.965 bits per heavy atom. The average molecular weight is 827 g/mol. The summed E-state index contributed by atoms with van der Waals surface area (Å²) in [6.07, 6.45) is 10.5. The molecule has 57 heavy (non-hydrogen) atoms. The van der Waals surface area contributed by atoms with E-state index < -0.39 is 31.5 Å². The third kappa shape index (κ3) is 15.5. The summed E-state index contributed by atoms with van der Waals surface area (Å²) in [5.41, 5.74) is 0. The predicted octanol–water partition coefficient (Wildman–Crippen LogP) is 10.6. The van der Waals surface area contributed by atoms with Crippen molar-refractivity contribution in [2.45, 2.75) is 270 Å². The summed E-state index contributed by atoms with van der Waals surface area (Å²) in [6.45, 7) is 37.9. The van der Waals surface area contributed by atoms with Crippen LogP contribution in [0.2, 0.25) is 18.1 Å². The van der Waals surface area contributed by atoms with E-state index in [4.69, 9.17) is 42.3 Å². The minimum atomic E-state index is -1.97. The minimum absolute atomic E-state index is 0.00416. The molecular weight excluding hydrogens is 741 g/mol. The van der Waals surface area contributed by atoms with Crippen LogP contribution >= 0.6 is 0 Å². The molecule has 0 saturated carbocycles. The molecule has 0 spiro atoms. The van der Waals surface area contributed by atoms with Crippen molar-refractivity contribution in [1.29, 1.82) is 0 Å². The first-order valence-corrected chi connectivity index (χ1v) is 25.3. The molecule has 1 N–H and O–H groups in total. The number of hydrogen-bond donors (Lipinski definition) is 1. The van der Waals surface area contributed by atoms with E-state index in [9.17, 15) is 5.11 Å². The van der Waals surface area contributed by atoms with Gasteiger partial charge in [0, 0.05) is 44.9 Å². The molecule has 0 amide bonds. The van der Waals surface area contributed by atoms with Gasteiger partial charge in [-0.3, -0.25) is 0 Å². The molecular formula is C46H86O10Si. The van der Waals surface area contributed by atoms with Crippen molar-refractivity contribution in [3.63, 3.8) is 0 Å². The van der Waals surface area contributed by atoms with Crippen LogP contribution in [-0.4, -0.2) is 97.6 Å². The Balaban J connectivity index is 1.36. The number of ether oxygens (including phenoxy) is 8. The topological polar surface area (TPSA) is 103 Å². The fourth-order valence-electron chi connectivity index (χ4n) is 9.49. The smallest absolute Gasteiger partial charge is 0.192 e. The SMILES string of the molecule is C=CC[C@H](C[C@H]1C[C@@H](C[C@H]2C[C@H](C[C@H]3C[C@H](C[C@@H]4C[C@H](CC[C@H](C)[C@@H](O)C(C)C)OC(C)(C)O4)OC(C)(C)O3)OC(C)(C)O2)OC(C)(C)O1)O[Si](C)(C)C(C)(C)C. The fraction of sp³-hybridized carbons (Fsp3) is 0.957. The Morgan fingerprint density at radius 3 is 1.32 bits per heavy atom. The largest absolute Gasteiger partial charge is 0.414 e. The molecule has 0 aromatic rings. The van der Waals surface area contributed by atoms with Crippen molar-refractivity contribution in [1.82, 2.24) is 0 Å². The highest BCUT2D eigenvalue weighted by Gasteiger charge is 2.46. The maximum Gasteiger partial charge on any atom is 0.192 e. The molecule has 4 heterocycles. The molecule has 11 heteroatoms. The van der Waals surface area contributed by atoms with Crippen LogP contribution in [0.4, 0.5) is 0 Å². The van der Waals surface area contributed by atoms with E-state index in [0.29, 0.717) is 0 Å². The third-order valence-electron chi connectivity index (χ3n) is 12.7. The quantitative estimate of drug-likeness (QED) is 0.113. The second-order valence-corrected chi connectivity index (χ2v) is 26.5. The Morgan fingerprint density at radius 1 is 0.632 bits per heavy atom. The van der Waals surface area contributed by atoms with Crippen LogP contribution in [0.5, 0.6) is 0 Å². The molecule has 10 nitrogen and oxygen atoms in total. The monoisotopic (exact) mass is 827 g/mol. The second kappa shape index (κ2) is 19.3. The van der Waals surface area contributed by atoms with Gasteiger partial charge in [0.05, 0.1) is 61.0 Å². The summed E-state index contributed by atoms with van der Waals surface area (Å²) in [5, 5.41) is 10.7. The van der Waals surface area contributed by atoms with Gasteiger partial charge in [0.2, 0.25) is 0 Å². The van der Waals surface area contributed by atoms with E-state index in [1.165, 1.54) is 0 Å². The van der Waals surface area contributed by atoms with E-state index in [-0.39, 0.29) is 77.9 Å². The lowest BCUT2D eigenvalue weighted by Gasteiger charge is -2.47. The van der Waals surface area contributed by atoms with Gasteiger partial charge in [0.25, 0.3) is 0 Å². The van der Waals surface area contributed by atoms with Crippen LogP contribution in [0.1, 0.15) is 168 Å². The van der Waals surface area contributed by atoms with Crippen LogP contribution in [0.25, 0.3) is 0 Å². The zero-order chi connectivity index (χ0) is 42.8. The van der Waals surface area contributed by atoms with Gasteiger partial charge >= 0.3 is 0 Å². The van der Waals surface area contributed by atoms with Gasteiger partial charge in [-0.05, 0) is 111 Å². The fourth-order valence-corrected chi connectivity index (χ4v) is 10.9. The van der Waals surface area contributed by atoms with Gasteiger partial charge in [-0.15, -0.1) is 6.58 Å². The maximum atomic E-state index is 10.6. The minimum Gasteiger partial charge on any atom is -0.414 e. The maximum absolute atomic E-state index is 10.6. The van der Waals surface area contributed by atoms with Gasteiger partial charge in [-0.2, -0.15) is 0 Å². The molecule has 4 aliphatic heterocycles. The molecule has 0 radical (unpaired) electrons. The molecule has 4 aliphatic rings. The van der Waals surface area contributed by atoms with Crippen LogP contribution in [0.15, 0.2) is 12.7 Å². The molecule has 0 bridgehead atoms. The Bertz CT molecular complexity index is 1260. The van der Waals surface area contributed by atoms with Crippen molar-refractivity contribution in [2.24, 2.45) is 11.8 Å². The Labute approximate surface area is 349 Å². The Kier molecular flexibility index (Phi) is 16.7. The zero-order valence-corrected chi connectivity index (χ0v) is 40.1. The number of hydrogen-bond acceptors (Lipinski definition) is 10. The molecule has 0 aromatic carbocycles. The first kappa shape index (κ1) is 49.2. The van der Waals surface area contributed by atoms with Crippen molar-refractivity contribution in [2.75, 3.05) is 0 Å². The van der Waals surface area contributed by atoms with Gasteiger partial charge < -0.3 is 47.4 Å². The van der Waals surface area contributed by atoms with Crippen molar-refractivity contribution in [3.05, 3.63) is 12.7 Å². The normalized spacial score (nSPS) is 34.7. The molecule has 4 fully saturated rings. The predicted molar refractivity (Wildman–Crippen MR) is 228 cm³/mol. The number of aliphatic hydroxyl groups is 1. The Hall–Kier alpha value is -0.443. The highest BCUT2D eigenvalue weighted by atomic mass is 28.4. The first-order valence-electron chi connectivity index (χ1n) is 22.4. The highest BCUT2D eigenvalue weighted by molar-refractivity contribution is 6.74. The molecule has 0 aliphatic carbocycles. The van der Waals surface area contributed by atoms with Crippen LogP contribution in [0, 0.1) is 11.8 Å². The molecule has 4 saturated heterocycles. The summed E-state index contributed by atoms with van der Waals surface area (Å²) >= 11 is 0. The van der Waals surface area contributed by atoms with Crippen LogP contribution in [0.3, 0.4) is 0 Å². The summed E-state index contributed by atoms with van der Waals surface area (Å²) in [5.74, 6) is -2.40. The third-order valence-corrected chi connectivity index (χ3v) is 17.3. The van der Waals surface area contributed by atoms with E-state index in [2.05, 4.69) is 61.2 Å². The van der Waals surface area contributed by atoms with E-state index in [1.807, 2.05) is 61.5 Å². The van der Waals surface area contributed by atoms with E-state index in [0.717, 1.165) is 70.6 Å². The lowest BCUT2D eigenvalue weighted by atomic mass is 9.88. The second-order valence-electron chi connectivity index (χ2n) is 21.7. The molecule has 11 atom stereocenters. The number of aliphatic hydroxyl groups excluding tert-OH is 1. The van der Waals surface area contributed by atoms with Crippen molar-refractivity contribution < 1.29 is 47.4 Å². The highest BCUT2D eigenvalue weighted by Crippen LogP contribution is 2.42. The summed E-state index contributed by atoms with van der Waals surface area (Å²) in [4.78, 5) is 0. The van der Waals surface area contributed by atoms with E-state index >= 15 is 0 Å². The first-order chi connectivity index (χ1) is 26.0. The van der Waals surface area contributed by atoms with Crippen molar-refractivity contribution in [3.8, 4) is 0 Å². The average Bonchev–Trinajstić information content (AvgIpc) is 2.99.